The summed E-state index contributed by atoms with van der Waals surface area (Å²) in [7, 11) is 0. The van der Waals surface area contributed by atoms with E-state index in [4.69, 9.17) is 10.00 Å². The third kappa shape index (κ3) is 4.27. The maximum Gasteiger partial charge on any atom is 0.265 e. The Hall–Kier alpha value is -2.45. The number of nitriles is 1. The van der Waals surface area contributed by atoms with Gasteiger partial charge in [0, 0.05) is 10.6 Å². The van der Waals surface area contributed by atoms with Crippen molar-refractivity contribution >= 4 is 23.4 Å². The van der Waals surface area contributed by atoms with E-state index in [1.54, 1.807) is 43.0 Å². The molecule has 0 bridgehead atoms. The van der Waals surface area contributed by atoms with E-state index in [0.717, 1.165) is 10.6 Å². The fourth-order valence-electron chi connectivity index (χ4n) is 1.84. The minimum Gasteiger partial charge on any atom is -0.481 e. The van der Waals surface area contributed by atoms with Gasteiger partial charge in [-0.2, -0.15) is 5.26 Å². The maximum absolute atomic E-state index is 12.2. The molecule has 0 aliphatic heterocycles. The molecule has 2 aromatic rings. The van der Waals surface area contributed by atoms with E-state index in [9.17, 15) is 4.79 Å². The first kappa shape index (κ1) is 15.9. The Labute approximate surface area is 134 Å². The molecule has 1 N–H and O–H groups in total. The highest BCUT2D eigenvalue weighted by Crippen LogP contribution is 2.20. The molecule has 4 nitrogen and oxygen atoms in total. The molecule has 2 aromatic carbocycles. The van der Waals surface area contributed by atoms with E-state index >= 15 is 0 Å². The molecule has 0 heterocycles. The summed E-state index contributed by atoms with van der Waals surface area (Å²) in [5, 5.41) is 11.7. The molecular formula is C17H16N2O2S. The summed E-state index contributed by atoms with van der Waals surface area (Å²) in [5.74, 6) is 0.264. The number of hydrogen-bond donors (Lipinski definition) is 1. The fraction of sp³-hybridized carbons (Fsp3) is 0.176. The highest BCUT2D eigenvalue weighted by Gasteiger charge is 2.15. The van der Waals surface area contributed by atoms with Crippen molar-refractivity contribution in [2.45, 2.75) is 17.9 Å². The van der Waals surface area contributed by atoms with E-state index in [1.165, 1.54) is 0 Å². The molecule has 5 heteroatoms. The first-order valence-corrected chi connectivity index (χ1v) is 7.96. The Kier molecular flexibility index (Phi) is 5.45. The van der Waals surface area contributed by atoms with Gasteiger partial charge >= 0.3 is 0 Å². The summed E-state index contributed by atoms with van der Waals surface area (Å²) >= 11 is 1.61. The summed E-state index contributed by atoms with van der Waals surface area (Å²) in [6.07, 6.45) is 1.32. The second-order valence-electron chi connectivity index (χ2n) is 4.62. The van der Waals surface area contributed by atoms with Crippen LogP contribution in [0.2, 0.25) is 0 Å². The molecule has 0 aliphatic rings. The number of nitrogens with zero attached hydrogens (tertiary/aromatic N) is 1. The predicted molar refractivity (Wildman–Crippen MR) is 88.1 cm³/mol. The molecule has 1 atom stereocenters. The molecule has 0 aliphatic carbocycles. The van der Waals surface area contributed by atoms with Crippen LogP contribution in [0.25, 0.3) is 0 Å². The summed E-state index contributed by atoms with van der Waals surface area (Å²) in [6, 6.07) is 16.4. The molecule has 0 saturated heterocycles. The van der Waals surface area contributed by atoms with Crippen LogP contribution in [0.3, 0.4) is 0 Å². The van der Waals surface area contributed by atoms with E-state index < -0.39 is 6.10 Å². The van der Waals surface area contributed by atoms with Crippen LogP contribution in [-0.2, 0) is 4.79 Å². The SMILES string of the molecule is CSc1cccc(NC(=O)C(C)Oc2cccc(C#N)c2)c1. The third-order valence-corrected chi connectivity index (χ3v) is 3.71. The zero-order valence-electron chi connectivity index (χ0n) is 12.4. The van der Waals surface area contributed by atoms with Crippen LogP contribution in [0.1, 0.15) is 12.5 Å². The van der Waals surface area contributed by atoms with Crippen LogP contribution in [0.5, 0.6) is 5.75 Å². The largest absolute Gasteiger partial charge is 0.481 e. The number of ether oxygens (including phenoxy) is 1. The predicted octanol–water partition coefficient (Wildman–Crippen LogP) is 3.69. The minimum absolute atomic E-state index is 0.236. The first-order valence-electron chi connectivity index (χ1n) is 6.74. The lowest BCUT2D eigenvalue weighted by atomic mass is 10.2. The van der Waals surface area contributed by atoms with Crippen molar-refractivity contribution in [3.8, 4) is 11.8 Å². The molecular weight excluding hydrogens is 296 g/mol. The molecule has 0 radical (unpaired) electrons. The Morgan fingerprint density at radius 2 is 2.05 bits per heavy atom. The molecule has 112 valence electrons. The molecule has 0 saturated carbocycles. The van der Waals surface area contributed by atoms with Crippen LogP contribution in [0, 0.1) is 11.3 Å². The lowest BCUT2D eigenvalue weighted by Gasteiger charge is -2.15. The van der Waals surface area contributed by atoms with Gasteiger partial charge < -0.3 is 10.1 Å². The van der Waals surface area contributed by atoms with Crippen molar-refractivity contribution in [1.82, 2.24) is 0 Å². The normalized spacial score (nSPS) is 11.3. The second-order valence-corrected chi connectivity index (χ2v) is 5.50. The van der Waals surface area contributed by atoms with Crippen LogP contribution in [0.4, 0.5) is 5.69 Å². The molecule has 1 amide bonds. The zero-order chi connectivity index (χ0) is 15.9. The number of carbonyl (C=O) groups excluding carboxylic acids is 1. The topological polar surface area (TPSA) is 62.1 Å². The van der Waals surface area contributed by atoms with Gasteiger partial charge in [-0.15, -0.1) is 11.8 Å². The summed E-state index contributed by atoms with van der Waals surface area (Å²) in [6.45, 7) is 1.67. The van der Waals surface area contributed by atoms with E-state index in [2.05, 4.69) is 5.32 Å². The van der Waals surface area contributed by atoms with Gasteiger partial charge in [0.25, 0.3) is 5.91 Å². The quantitative estimate of drug-likeness (QED) is 0.855. The molecule has 2 rings (SSSR count). The van der Waals surface area contributed by atoms with Crippen molar-refractivity contribution in [2.24, 2.45) is 0 Å². The summed E-state index contributed by atoms with van der Waals surface area (Å²) in [5.41, 5.74) is 1.23. The number of thioether (sulfide) groups is 1. The number of rotatable bonds is 5. The number of carbonyl (C=O) groups is 1. The Morgan fingerprint density at radius 1 is 1.27 bits per heavy atom. The number of amides is 1. The monoisotopic (exact) mass is 312 g/mol. The van der Waals surface area contributed by atoms with Crippen LogP contribution in [-0.4, -0.2) is 18.3 Å². The third-order valence-electron chi connectivity index (χ3n) is 2.98. The van der Waals surface area contributed by atoms with E-state index in [0.29, 0.717) is 11.3 Å². The number of anilines is 1. The lowest BCUT2D eigenvalue weighted by Crippen LogP contribution is -2.30. The maximum atomic E-state index is 12.2. The number of hydrogen-bond acceptors (Lipinski definition) is 4. The van der Waals surface area contributed by atoms with Crippen molar-refractivity contribution in [3.05, 3.63) is 54.1 Å². The van der Waals surface area contributed by atoms with Gasteiger partial charge in [-0.05, 0) is 49.6 Å². The summed E-state index contributed by atoms with van der Waals surface area (Å²) in [4.78, 5) is 13.2. The minimum atomic E-state index is -0.660. The van der Waals surface area contributed by atoms with Gasteiger partial charge in [-0.1, -0.05) is 12.1 Å². The van der Waals surface area contributed by atoms with Crippen molar-refractivity contribution < 1.29 is 9.53 Å². The second kappa shape index (κ2) is 7.53. The Morgan fingerprint density at radius 3 is 2.77 bits per heavy atom. The highest BCUT2D eigenvalue weighted by atomic mass is 32.2. The molecule has 0 aromatic heterocycles. The van der Waals surface area contributed by atoms with Crippen molar-refractivity contribution in [2.75, 3.05) is 11.6 Å². The van der Waals surface area contributed by atoms with Crippen molar-refractivity contribution in [3.63, 3.8) is 0 Å². The van der Waals surface area contributed by atoms with Crippen LogP contribution in [0.15, 0.2) is 53.4 Å². The number of nitrogens with one attached hydrogen (secondary N) is 1. The van der Waals surface area contributed by atoms with Gasteiger partial charge in [0.1, 0.15) is 5.75 Å². The van der Waals surface area contributed by atoms with Gasteiger partial charge in [0.15, 0.2) is 6.10 Å². The molecule has 0 spiro atoms. The highest BCUT2D eigenvalue weighted by molar-refractivity contribution is 7.98. The van der Waals surface area contributed by atoms with Crippen LogP contribution >= 0.6 is 11.8 Å². The smallest absolute Gasteiger partial charge is 0.265 e. The summed E-state index contributed by atoms with van der Waals surface area (Å²) < 4.78 is 5.58. The molecule has 0 fully saturated rings. The van der Waals surface area contributed by atoms with Gasteiger partial charge in [-0.3, -0.25) is 4.79 Å². The fourth-order valence-corrected chi connectivity index (χ4v) is 2.30. The Balaban J connectivity index is 2.01. The van der Waals surface area contributed by atoms with Crippen molar-refractivity contribution in [1.29, 1.82) is 5.26 Å². The van der Waals surface area contributed by atoms with Gasteiger partial charge in [-0.25, -0.2) is 0 Å². The lowest BCUT2D eigenvalue weighted by molar-refractivity contribution is -0.122. The van der Waals surface area contributed by atoms with E-state index in [1.807, 2.05) is 36.6 Å². The standard InChI is InChI=1S/C17H16N2O2S/c1-12(21-15-7-3-5-13(9-15)11-18)17(20)19-14-6-4-8-16(10-14)22-2/h3-10,12H,1-2H3,(H,19,20). The van der Waals surface area contributed by atoms with Gasteiger partial charge in [0.2, 0.25) is 0 Å². The van der Waals surface area contributed by atoms with E-state index in [-0.39, 0.29) is 5.91 Å². The molecule has 1 unspecified atom stereocenters. The zero-order valence-corrected chi connectivity index (χ0v) is 13.2. The number of benzene rings is 2. The first-order chi connectivity index (χ1) is 10.6. The van der Waals surface area contributed by atoms with Gasteiger partial charge in [0.05, 0.1) is 11.6 Å². The average Bonchev–Trinajstić information content (AvgIpc) is 2.55. The van der Waals surface area contributed by atoms with Crippen LogP contribution < -0.4 is 10.1 Å². The Bertz CT molecular complexity index is 710. The molecule has 22 heavy (non-hydrogen) atoms. The average molecular weight is 312 g/mol.